The highest BCUT2D eigenvalue weighted by Crippen LogP contribution is 2.11. The number of aromatic nitrogens is 2. The summed E-state index contributed by atoms with van der Waals surface area (Å²) < 4.78 is 19.8. The summed E-state index contributed by atoms with van der Waals surface area (Å²) in [4.78, 5) is 0. The van der Waals surface area contributed by atoms with E-state index in [9.17, 15) is 9.50 Å². The van der Waals surface area contributed by atoms with Gasteiger partial charge in [-0.1, -0.05) is 0 Å². The molecule has 0 aliphatic heterocycles. The number of nitrogens with zero attached hydrogens (tertiary/aromatic N) is 2. The molecule has 0 saturated heterocycles. The Morgan fingerprint density at radius 1 is 1.32 bits per heavy atom. The predicted octanol–water partition coefficient (Wildman–Crippen LogP) is 2.08. The Morgan fingerprint density at radius 3 is 2.58 bits per heavy atom. The van der Waals surface area contributed by atoms with Gasteiger partial charge in [0.25, 0.3) is 0 Å². The van der Waals surface area contributed by atoms with Crippen molar-refractivity contribution in [2.24, 2.45) is 0 Å². The summed E-state index contributed by atoms with van der Waals surface area (Å²) in [7, 11) is 0. The number of ether oxygens (including phenoxy) is 1. The Bertz CT molecular complexity index is 537. The first-order valence-corrected chi connectivity index (χ1v) is 6.12. The van der Waals surface area contributed by atoms with E-state index in [1.807, 2.05) is 19.9 Å². The lowest BCUT2D eigenvalue weighted by Gasteiger charge is -2.13. The maximum Gasteiger partial charge on any atom is 0.123 e. The molecule has 1 unspecified atom stereocenters. The third kappa shape index (κ3) is 3.79. The molecule has 1 heterocycles. The van der Waals surface area contributed by atoms with E-state index in [0.29, 0.717) is 12.3 Å². The molecule has 0 fully saturated rings. The molecular formula is C14H17FN2O2. The first-order valence-electron chi connectivity index (χ1n) is 6.12. The van der Waals surface area contributed by atoms with Crippen LogP contribution in [0.1, 0.15) is 11.4 Å². The van der Waals surface area contributed by atoms with Crippen LogP contribution < -0.4 is 4.74 Å². The van der Waals surface area contributed by atoms with Crippen LogP contribution in [0.25, 0.3) is 0 Å². The summed E-state index contributed by atoms with van der Waals surface area (Å²) in [6, 6.07) is 7.66. The summed E-state index contributed by atoms with van der Waals surface area (Å²) in [6.07, 6.45) is -0.664. The van der Waals surface area contributed by atoms with Gasteiger partial charge in [-0.15, -0.1) is 0 Å². The normalized spacial score (nSPS) is 12.4. The minimum Gasteiger partial charge on any atom is -0.491 e. The Kier molecular flexibility index (Phi) is 4.16. The monoisotopic (exact) mass is 264 g/mol. The van der Waals surface area contributed by atoms with E-state index in [1.165, 1.54) is 24.3 Å². The SMILES string of the molecule is Cc1cc(C)n(CC(O)COc2ccc(F)cc2)n1. The molecule has 0 amide bonds. The van der Waals surface area contributed by atoms with Crippen molar-refractivity contribution in [1.29, 1.82) is 0 Å². The second-order valence-corrected chi connectivity index (χ2v) is 4.53. The van der Waals surface area contributed by atoms with Crippen molar-refractivity contribution in [3.8, 4) is 5.75 Å². The second-order valence-electron chi connectivity index (χ2n) is 4.53. The zero-order valence-electron chi connectivity index (χ0n) is 11.0. The maximum atomic E-state index is 12.7. The van der Waals surface area contributed by atoms with Crippen molar-refractivity contribution in [2.45, 2.75) is 26.5 Å². The molecular weight excluding hydrogens is 247 g/mol. The minimum absolute atomic E-state index is 0.143. The summed E-state index contributed by atoms with van der Waals surface area (Å²) in [6.45, 7) is 4.36. The van der Waals surface area contributed by atoms with E-state index in [0.717, 1.165) is 11.4 Å². The third-order valence-electron chi connectivity index (χ3n) is 2.74. The molecule has 0 bridgehead atoms. The molecule has 1 aromatic heterocycles. The van der Waals surface area contributed by atoms with Crippen LogP contribution in [0.4, 0.5) is 4.39 Å². The number of aliphatic hydroxyl groups excluding tert-OH is 1. The summed E-state index contributed by atoms with van der Waals surface area (Å²) in [5.74, 6) is 0.226. The van der Waals surface area contributed by atoms with Gasteiger partial charge in [0.15, 0.2) is 0 Å². The minimum atomic E-state index is -0.664. The summed E-state index contributed by atoms with van der Waals surface area (Å²) >= 11 is 0. The molecule has 0 saturated carbocycles. The number of benzene rings is 1. The van der Waals surface area contributed by atoms with Crippen LogP contribution in [-0.2, 0) is 6.54 Å². The number of rotatable bonds is 5. The summed E-state index contributed by atoms with van der Waals surface area (Å²) in [5, 5.41) is 14.2. The van der Waals surface area contributed by atoms with Crippen molar-refractivity contribution < 1.29 is 14.2 Å². The average Bonchev–Trinajstić information content (AvgIpc) is 2.67. The van der Waals surface area contributed by atoms with Gasteiger partial charge in [-0.3, -0.25) is 4.68 Å². The molecule has 1 N–H and O–H groups in total. The molecule has 102 valence electrons. The van der Waals surface area contributed by atoms with Crippen LogP contribution in [0.2, 0.25) is 0 Å². The molecule has 0 aliphatic carbocycles. The fourth-order valence-corrected chi connectivity index (χ4v) is 1.84. The third-order valence-corrected chi connectivity index (χ3v) is 2.74. The lowest BCUT2D eigenvalue weighted by atomic mass is 10.3. The largest absolute Gasteiger partial charge is 0.491 e. The van der Waals surface area contributed by atoms with Crippen molar-refractivity contribution in [3.05, 3.63) is 47.5 Å². The highest BCUT2D eigenvalue weighted by atomic mass is 19.1. The molecule has 4 nitrogen and oxygen atoms in total. The van der Waals surface area contributed by atoms with Crippen LogP contribution in [0, 0.1) is 19.7 Å². The molecule has 0 aliphatic rings. The van der Waals surface area contributed by atoms with Gasteiger partial charge in [0.2, 0.25) is 0 Å². The van der Waals surface area contributed by atoms with Crippen LogP contribution in [-0.4, -0.2) is 27.6 Å². The highest BCUT2D eigenvalue weighted by Gasteiger charge is 2.09. The number of halogens is 1. The zero-order valence-corrected chi connectivity index (χ0v) is 11.0. The first-order chi connectivity index (χ1) is 9.04. The van der Waals surface area contributed by atoms with Gasteiger partial charge in [-0.2, -0.15) is 5.10 Å². The van der Waals surface area contributed by atoms with E-state index >= 15 is 0 Å². The van der Waals surface area contributed by atoms with Gasteiger partial charge in [-0.25, -0.2) is 4.39 Å². The molecule has 1 atom stereocenters. The van der Waals surface area contributed by atoms with E-state index in [-0.39, 0.29) is 12.4 Å². The van der Waals surface area contributed by atoms with E-state index < -0.39 is 6.10 Å². The van der Waals surface area contributed by atoms with E-state index in [1.54, 1.807) is 4.68 Å². The van der Waals surface area contributed by atoms with Gasteiger partial charge in [-0.05, 0) is 44.2 Å². The van der Waals surface area contributed by atoms with Crippen molar-refractivity contribution in [2.75, 3.05) is 6.61 Å². The maximum absolute atomic E-state index is 12.7. The molecule has 0 spiro atoms. The van der Waals surface area contributed by atoms with Crippen molar-refractivity contribution >= 4 is 0 Å². The van der Waals surface area contributed by atoms with Gasteiger partial charge in [0.1, 0.15) is 24.3 Å². The quantitative estimate of drug-likeness (QED) is 0.899. The standard InChI is InChI=1S/C14H17FN2O2/c1-10-7-11(2)17(16-10)8-13(18)9-19-14-5-3-12(15)4-6-14/h3-7,13,18H,8-9H2,1-2H3. The lowest BCUT2D eigenvalue weighted by Crippen LogP contribution is -2.24. The number of aryl methyl sites for hydroxylation is 2. The molecule has 2 rings (SSSR count). The van der Waals surface area contributed by atoms with Gasteiger partial charge < -0.3 is 9.84 Å². The van der Waals surface area contributed by atoms with Crippen LogP contribution in [0.5, 0.6) is 5.75 Å². The van der Waals surface area contributed by atoms with Gasteiger partial charge in [0, 0.05) is 5.69 Å². The van der Waals surface area contributed by atoms with Crippen LogP contribution in [0.3, 0.4) is 0 Å². The average molecular weight is 264 g/mol. The van der Waals surface area contributed by atoms with E-state index in [4.69, 9.17) is 4.74 Å². The fraction of sp³-hybridized carbons (Fsp3) is 0.357. The molecule has 5 heteroatoms. The smallest absolute Gasteiger partial charge is 0.123 e. The fourth-order valence-electron chi connectivity index (χ4n) is 1.84. The Labute approximate surface area is 111 Å². The topological polar surface area (TPSA) is 47.3 Å². The summed E-state index contributed by atoms with van der Waals surface area (Å²) in [5.41, 5.74) is 1.92. The molecule has 1 aromatic carbocycles. The van der Waals surface area contributed by atoms with Gasteiger partial charge in [0.05, 0.1) is 12.2 Å². The van der Waals surface area contributed by atoms with Gasteiger partial charge >= 0.3 is 0 Å². The molecule has 0 radical (unpaired) electrons. The lowest BCUT2D eigenvalue weighted by molar-refractivity contribution is 0.0887. The number of hydrogen-bond donors (Lipinski definition) is 1. The Hall–Kier alpha value is -1.88. The predicted molar refractivity (Wildman–Crippen MR) is 69.6 cm³/mol. The Balaban J connectivity index is 1.86. The number of hydrogen-bond acceptors (Lipinski definition) is 3. The first kappa shape index (κ1) is 13.5. The molecule has 19 heavy (non-hydrogen) atoms. The van der Waals surface area contributed by atoms with E-state index in [2.05, 4.69) is 5.10 Å². The van der Waals surface area contributed by atoms with Crippen LogP contribution in [0.15, 0.2) is 30.3 Å². The van der Waals surface area contributed by atoms with Crippen molar-refractivity contribution in [1.82, 2.24) is 9.78 Å². The second kappa shape index (κ2) is 5.84. The van der Waals surface area contributed by atoms with Crippen LogP contribution >= 0.6 is 0 Å². The zero-order chi connectivity index (χ0) is 13.8. The molecule has 2 aromatic rings. The van der Waals surface area contributed by atoms with Crippen molar-refractivity contribution in [3.63, 3.8) is 0 Å². The highest BCUT2D eigenvalue weighted by molar-refractivity contribution is 5.22. The Morgan fingerprint density at radius 2 is 2.00 bits per heavy atom. The number of aliphatic hydroxyl groups is 1.